The molecular formula is C34H30FN3O5. The fourth-order valence-corrected chi connectivity index (χ4v) is 5.40. The molecular weight excluding hydrogens is 549 g/mol. The van der Waals surface area contributed by atoms with Crippen LogP contribution in [0.15, 0.2) is 89.5 Å². The van der Waals surface area contributed by atoms with Crippen molar-refractivity contribution in [2.45, 2.75) is 32.5 Å². The van der Waals surface area contributed by atoms with Gasteiger partial charge < -0.3 is 24.5 Å². The first-order valence-electron chi connectivity index (χ1n) is 14.1. The summed E-state index contributed by atoms with van der Waals surface area (Å²) in [4.78, 5) is 31.0. The first-order valence-corrected chi connectivity index (χ1v) is 14.1. The molecule has 43 heavy (non-hydrogen) atoms. The van der Waals surface area contributed by atoms with E-state index in [-0.39, 0.29) is 29.2 Å². The molecule has 0 aliphatic carbocycles. The van der Waals surface area contributed by atoms with E-state index in [0.29, 0.717) is 34.6 Å². The summed E-state index contributed by atoms with van der Waals surface area (Å²) in [5.74, 6) is -0.639. The Balaban J connectivity index is 1.05. The third-order valence-electron chi connectivity index (χ3n) is 7.76. The molecule has 0 radical (unpaired) electrons. The molecule has 1 aliphatic heterocycles. The zero-order chi connectivity index (χ0) is 29.9. The maximum atomic E-state index is 14.3. The van der Waals surface area contributed by atoms with E-state index in [0.717, 1.165) is 42.7 Å². The van der Waals surface area contributed by atoms with Crippen molar-refractivity contribution in [1.82, 2.24) is 4.98 Å². The molecule has 0 bridgehead atoms. The number of rotatable bonds is 8. The minimum Gasteiger partial charge on any atom is -0.478 e. The Morgan fingerprint density at radius 3 is 2.60 bits per heavy atom. The molecule has 9 heteroatoms. The molecule has 2 N–H and O–H groups in total. The summed E-state index contributed by atoms with van der Waals surface area (Å²) in [7, 11) is 0. The second kappa shape index (κ2) is 12.1. The number of nitrogens with zero attached hydrogens (tertiary/aromatic N) is 2. The van der Waals surface area contributed by atoms with Crippen LogP contribution in [0.2, 0.25) is 0 Å². The molecule has 0 unspecified atom stereocenters. The third-order valence-corrected chi connectivity index (χ3v) is 7.76. The second-order valence-corrected chi connectivity index (χ2v) is 10.6. The highest BCUT2D eigenvalue weighted by molar-refractivity contribution is 6.06. The largest absolute Gasteiger partial charge is 0.478 e. The maximum absolute atomic E-state index is 14.3. The number of halogens is 1. The van der Waals surface area contributed by atoms with Crippen molar-refractivity contribution in [2.24, 2.45) is 0 Å². The number of carboxylic acids is 1. The number of aryl methyl sites for hydroxylation is 1. The van der Waals surface area contributed by atoms with Crippen LogP contribution in [-0.4, -0.2) is 41.2 Å². The van der Waals surface area contributed by atoms with Crippen LogP contribution in [0.25, 0.3) is 22.1 Å². The van der Waals surface area contributed by atoms with Crippen molar-refractivity contribution in [3.63, 3.8) is 0 Å². The van der Waals surface area contributed by atoms with E-state index < -0.39 is 5.97 Å². The van der Waals surface area contributed by atoms with Gasteiger partial charge >= 0.3 is 5.97 Å². The maximum Gasteiger partial charge on any atom is 0.335 e. The van der Waals surface area contributed by atoms with Gasteiger partial charge in [0.15, 0.2) is 5.76 Å². The number of fused-ring (bicyclic) bond motifs is 1. The lowest BCUT2D eigenvalue weighted by molar-refractivity contribution is 0.0250. The normalized spacial score (nSPS) is 13.8. The Morgan fingerprint density at radius 1 is 1.05 bits per heavy atom. The number of ether oxygens (including phenoxy) is 1. The van der Waals surface area contributed by atoms with Gasteiger partial charge in [-0.3, -0.25) is 4.79 Å². The van der Waals surface area contributed by atoms with E-state index in [1.807, 2.05) is 31.2 Å². The third kappa shape index (κ3) is 6.12. The number of hydrogen-bond donors (Lipinski definition) is 2. The van der Waals surface area contributed by atoms with Gasteiger partial charge in [-0.15, -0.1) is 0 Å². The number of nitrogens with one attached hydrogen (secondary N) is 1. The Labute approximate surface area is 247 Å². The van der Waals surface area contributed by atoms with Crippen LogP contribution in [-0.2, 0) is 11.3 Å². The van der Waals surface area contributed by atoms with Crippen molar-refractivity contribution < 1.29 is 28.2 Å². The second-order valence-electron chi connectivity index (χ2n) is 10.6. The minimum absolute atomic E-state index is 0.0816. The molecule has 5 aromatic rings. The Hall–Kier alpha value is -5.02. The van der Waals surface area contributed by atoms with Crippen molar-refractivity contribution in [3.05, 3.63) is 113 Å². The highest BCUT2D eigenvalue weighted by atomic mass is 19.1. The van der Waals surface area contributed by atoms with Crippen LogP contribution in [0.4, 0.5) is 15.9 Å². The number of furan rings is 1. The first kappa shape index (κ1) is 28.1. The number of carbonyl (C=O) groups excluding carboxylic acids is 1. The molecule has 6 rings (SSSR count). The van der Waals surface area contributed by atoms with Gasteiger partial charge in [-0.05, 0) is 73.4 Å². The lowest BCUT2D eigenvalue weighted by atomic mass is 10.0. The molecule has 1 saturated heterocycles. The van der Waals surface area contributed by atoms with Crippen LogP contribution in [0.5, 0.6) is 0 Å². The van der Waals surface area contributed by atoms with Crippen molar-refractivity contribution >= 4 is 34.4 Å². The number of aromatic nitrogens is 1. The molecule has 3 aromatic carbocycles. The van der Waals surface area contributed by atoms with E-state index in [2.05, 4.69) is 15.2 Å². The molecule has 0 atom stereocenters. The average Bonchev–Trinajstić information content (AvgIpc) is 3.36. The SMILES string of the molecule is Cc1c(C(=O)Nc2ccc(N3CCC(OCc4cccc(C(=O)O)c4)CC3)nc2)oc2ccc(-c3ccccc3F)cc12. The van der Waals surface area contributed by atoms with Gasteiger partial charge in [0.05, 0.1) is 30.2 Å². The zero-order valence-electron chi connectivity index (χ0n) is 23.5. The van der Waals surface area contributed by atoms with Gasteiger partial charge in [0.2, 0.25) is 0 Å². The Kier molecular flexibility index (Phi) is 7.89. The first-order chi connectivity index (χ1) is 20.9. The summed E-state index contributed by atoms with van der Waals surface area (Å²) < 4.78 is 26.2. The summed E-state index contributed by atoms with van der Waals surface area (Å²) >= 11 is 0. The van der Waals surface area contributed by atoms with Crippen LogP contribution in [0.3, 0.4) is 0 Å². The van der Waals surface area contributed by atoms with Gasteiger partial charge in [0.1, 0.15) is 17.2 Å². The summed E-state index contributed by atoms with van der Waals surface area (Å²) in [6, 6.07) is 22.4. The molecule has 1 fully saturated rings. The van der Waals surface area contributed by atoms with Crippen LogP contribution >= 0.6 is 0 Å². The molecule has 218 valence electrons. The fourth-order valence-electron chi connectivity index (χ4n) is 5.40. The molecule has 1 aliphatic rings. The number of amides is 1. The van der Waals surface area contributed by atoms with Crippen molar-refractivity contribution in [2.75, 3.05) is 23.3 Å². The number of piperidine rings is 1. The van der Waals surface area contributed by atoms with Gasteiger partial charge in [-0.2, -0.15) is 0 Å². The van der Waals surface area contributed by atoms with Gasteiger partial charge in [0.25, 0.3) is 5.91 Å². The van der Waals surface area contributed by atoms with E-state index in [9.17, 15) is 19.1 Å². The molecule has 1 amide bonds. The lowest BCUT2D eigenvalue weighted by Crippen LogP contribution is -2.37. The van der Waals surface area contributed by atoms with Crippen LogP contribution in [0, 0.1) is 12.7 Å². The van der Waals surface area contributed by atoms with Crippen LogP contribution < -0.4 is 10.2 Å². The monoisotopic (exact) mass is 579 g/mol. The van der Waals surface area contributed by atoms with Gasteiger partial charge in [0, 0.05) is 29.6 Å². The summed E-state index contributed by atoms with van der Waals surface area (Å²) in [5.41, 5.74) is 4.07. The highest BCUT2D eigenvalue weighted by Crippen LogP contribution is 2.32. The lowest BCUT2D eigenvalue weighted by Gasteiger charge is -2.32. The zero-order valence-corrected chi connectivity index (χ0v) is 23.5. The standard InChI is InChI=1S/C34H30FN3O5/c1-21-28-18-23(27-7-2-3-8-29(27)35)9-11-30(28)43-32(21)33(39)37-25-10-12-31(36-19-25)38-15-13-26(14-16-38)42-20-22-5-4-6-24(17-22)34(40)41/h2-12,17-19,26H,13-16,20H2,1H3,(H,37,39)(H,40,41). The predicted octanol–water partition coefficient (Wildman–Crippen LogP) is 7.08. The van der Waals surface area contributed by atoms with Crippen molar-refractivity contribution in [3.8, 4) is 11.1 Å². The van der Waals surface area contributed by atoms with Crippen molar-refractivity contribution in [1.29, 1.82) is 0 Å². The Bertz CT molecular complexity index is 1790. The number of benzene rings is 3. The fraction of sp³-hybridized carbons (Fsp3) is 0.206. The van der Waals surface area contributed by atoms with E-state index in [4.69, 9.17) is 9.15 Å². The number of pyridine rings is 1. The number of hydrogen-bond acceptors (Lipinski definition) is 6. The molecule has 0 saturated carbocycles. The summed E-state index contributed by atoms with van der Waals surface area (Å²) in [6.45, 7) is 3.72. The smallest absolute Gasteiger partial charge is 0.335 e. The average molecular weight is 580 g/mol. The summed E-state index contributed by atoms with van der Waals surface area (Å²) in [6.07, 6.45) is 3.35. The molecule has 8 nitrogen and oxygen atoms in total. The van der Waals surface area contributed by atoms with Gasteiger partial charge in [-0.25, -0.2) is 14.2 Å². The highest BCUT2D eigenvalue weighted by Gasteiger charge is 2.22. The molecule has 0 spiro atoms. The van der Waals surface area contributed by atoms with E-state index >= 15 is 0 Å². The van der Waals surface area contributed by atoms with E-state index in [1.54, 1.807) is 54.7 Å². The molecule has 2 aromatic heterocycles. The quantitative estimate of drug-likeness (QED) is 0.202. The van der Waals surface area contributed by atoms with Crippen LogP contribution in [0.1, 0.15) is 44.9 Å². The minimum atomic E-state index is -0.950. The predicted molar refractivity (Wildman–Crippen MR) is 162 cm³/mol. The summed E-state index contributed by atoms with van der Waals surface area (Å²) in [5, 5.41) is 12.8. The number of anilines is 2. The number of aromatic carboxylic acids is 1. The number of carbonyl (C=O) groups is 2. The van der Waals surface area contributed by atoms with Gasteiger partial charge in [-0.1, -0.05) is 36.4 Å². The van der Waals surface area contributed by atoms with E-state index in [1.165, 1.54) is 6.07 Å². The molecule has 3 heterocycles. The number of carboxylic acid groups (broad SMARTS) is 1. The topological polar surface area (TPSA) is 105 Å². The Morgan fingerprint density at radius 2 is 1.86 bits per heavy atom.